The highest BCUT2D eigenvalue weighted by atomic mass is 16.6. The van der Waals surface area contributed by atoms with Crippen molar-refractivity contribution in [3.63, 3.8) is 0 Å². The molecule has 0 bridgehead atoms. The monoisotopic (exact) mass is 212 g/mol. The largest absolute Gasteiger partial charge is 0.443 e. The summed E-state index contributed by atoms with van der Waals surface area (Å²) in [5.41, 5.74) is -0.433. The van der Waals surface area contributed by atoms with Gasteiger partial charge in [-0.3, -0.25) is 0 Å². The Balaban J connectivity index is 2.61. The van der Waals surface area contributed by atoms with Crippen molar-refractivity contribution in [1.29, 1.82) is 0 Å². The van der Waals surface area contributed by atoms with Gasteiger partial charge in [-0.1, -0.05) is 19.1 Å². The topological polar surface area (TPSA) is 32.8 Å². The molecule has 0 saturated heterocycles. The van der Waals surface area contributed by atoms with E-state index in [2.05, 4.69) is 6.08 Å². The Hall–Kier alpha value is -1.03. The second-order valence-electron chi connectivity index (χ2n) is 4.54. The number of nitrogens with zero attached hydrogens (tertiary/aromatic N) is 2. The molecule has 0 aromatic rings. The third-order valence-electron chi connectivity index (χ3n) is 2.07. The van der Waals surface area contributed by atoms with Gasteiger partial charge in [0.05, 0.1) is 6.54 Å². The molecule has 1 aliphatic heterocycles. The highest BCUT2D eigenvalue weighted by Crippen LogP contribution is 2.13. The fraction of sp³-hybridized carbons (Fsp3) is 0.727. The number of ether oxygens (including phenoxy) is 1. The molecule has 4 heteroatoms. The molecule has 1 aliphatic rings. The summed E-state index contributed by atoms with van der Waals surface area (Å²) in [5, 5.41) is 3.61. The molecule has 0 aromatic heterocycles. The lowest BCUT2D eigenvalue weighted by molar-refractivity contribution is -0.0415. The van der Waals surface area contributed by atoms with Crippen molar-refractivity contribution in [2.75, 3.05) is 19.6 Å². The molecular weight excluding hydrogens is 192 g/mol. The van der Waals surface area contributed by atoms with Gasteiger partial charge in [0.15, 0.2) is 0 Å². The average molecular weight is 212 g/mol. The zero-order chi connectivity index (χ0) is 11.5. The molecule has 1 heterocycles. The number of carbonyl (C=O) groups is 1. The van der Waals surface area contributed by atoms with Crippen LogP contribution in [-0.2, 0) is 4.74 Å². The Labute approximate surface area is 91.5 Å². The van der Waals surface area contributed by atoms with E-state index in [1.54, 1.807) is 5.01 Å². The zero-order valence-electron chi connectivity index (χ0n) is 9.99. The van der Waals surface area contributed by atoms with Crippen molar-refractivity contribution in [2.24, 2.45) is 0 Å². The number of carbonyl (C=O) groups excluding carboxylic acids is 1. The van der Waals surface area contributed by atoms with Crippen LogP contribution in [0.1, 0.15) is 27.7 Å². The van der Waals surface area contributed by atoms with Crippen LogP contribution in [0.3, 0.4) is 0 Å². The highest BCUT2D eigenvalue weighted by Gasteiger charge is 2.26. The summed E-state index contributed by atoms with van der Waals surface area (Å²) in [5.74, 6) is 0. The fourth-order valence-electron chi connectivity index (χ4n) is 1.39. The normalized spacial score (nSPS) is 18.0. The van der Waals surface area contributed by atoms with Crippen molar-refractivity contribution in [1.82, 2.24) is 10.0 Å². The molecule has 0 aromatic carbocycles. The van der Waals surface area contributed by atoms with E-state index in [1.165, 1.54) is 0 Å². The van der Waals surface area contributed by atoms with Gasteiger partial charge in [-0.2, -0.15) is 0 Å². The van der Waals surface area contributed by atoms with Crippen molar-refractivity contribution in [3.8, 4) is 0 Å². The summed E-state index contributed by atoms with van der Waals surface area (Å²) in [6.07, 6.45) is 3.77. The molecule has 0 radical (unpaired) electrons. The Kier molecular flexibility index (Phi) is 3.74. The van der Waals surface area contributed by atoms with Crippen molar-refractivity contribution >= 4 is 6.09 Å². The van der Waals surface area contributed by atoms with Crippen molar-refractivity contribution in [3.05, 3.63) is 12.2 Å². The number of hydrogen-bond donors (Lipinski definition) is 0. The fourth-order valence-corrected chi connectivity index (χ4v) is 1.39. The van der Waals surface area contributed by atoms with Gasteiger partial charge in [-0.05, 0) is 20.8 Å². The summed E-state index contributed by atoms with van der Waals surface area (Å²) >= 11 is 0. The number of rotatable bonds is 1. The Morgan fingerprint density at radius 1 is 1.33 bits per heavy atom. The minimum absolute atomic E-state index is 0.270. The lowest BCUT2D eigenvalue weighted by Gasteiger charge is -2.36. The minimum Gasteiger partial charge on any atom is -0.443 e. The van der Waals surface area contributed by atoms with Crippen LogP contribution in [0.5, 0.6) is 0 Å². The third kappa shape index (κ3) is 3.55. The van der Waals surface area contributed by atoms with E-state index in [1.807, 2.05) is 38.8 Å². The van der Waals surface area contributed by atoms with Crippen LogP contribution in [0.4, 0.5) is 4.79 Å². The first-order valence-corrected chi connectivity index (χ1v) is 5.34. The average Bonchev–Trinajstić information content (AvgIpc) is 2.15. The molecule has 0 unspecified atom stereocenters. The first kappa shape index (κ1) is 12.0. The molecule has 0 N–H and O–H groups in total. The molecule has 1 amide bonds. The number of likely N-dealkylation sites (N-methyl/N-ethyl adjacent to an activating group) is 1. The maximum Gasteiger partial charge on any atom is 0.425 e. The Morgan fingerprint density at radius 3 is 2.47 bits per heavy atom. The van der Waals surface area contributed by atoms with Gasteiger partial charge in [0.25, 0.3) is 0 Å². The number of amides is 1. The minimum atomic E-state index is -0.433. The van der Waals surface area contributed by atoms with E-state index in [0.29, 0.717) is 6.54 Å². The van der Waals surface area contributed by atoms with Crippen molar-refractivity contribution in [2.45, 2.75) is 33.3 Å². The van der Waals surface area contributed by atoms with Crippen molar-refractivity contribution < 1.29 is 9.53 Å². The van der Waals surface area contributed by atoms with Crippen LogP contribution < -0.4 is 0 Å². The van der Waals surface area contributed by atoms with Crippen LogP contribution in [0.2, 0.25) is 0 Å². The first-order chi connectivity index (χ1) is 6.94. The van der Waals surface area contributed by atoms with E-state index in [9.17, 15) is 4.79 Å². The summed E-state index contributed by atoms with van der Waals surface area (Å²) in [4.78, 5) is 11.8. The lowest BCUT2D eigenvalue weighted by atomic mass is 10.2. The molecule has 0 saturated carbocycles. The van der Waals surface area contributed by atoms with Gasteiger partial charge >= 0.3 is 6.09 Å². The summed E-state index contributed by atoms with van der Waals surface area (Å²) < 4.78 is 5.32. The molecule has 1 rings (SSSR count). The van der Waals surface area contributed by atoms with Crippen LogP contribution in [-0.4, -0.2) is 41.3 Å². The van der Waals surface area contributed by atoms with Gasteiger partial charge in [0.1, 0.15) is 5.60 Å². The van der Waals surface area contributed by atoms with Crippen LogP contribution >= 0.6 is 0 Å². The van der Waals surface area contributed by atoms with Crippen LogP contribution in [0.15, 0.2) is 12.2 Å². The molecule has 86 valence electrons. The predicted octanol–water partition coefficient (Wildman–Crippen LogP) is 2.03. The summed E-state index contributed by atoms with van der Waals surface area (Å²) in [6.45, 7) is 9.83. The van der Waals surface area contributed by atoms with Crippen LogP contribution in [0, 0.1) is 0 Å². The molecule has 0 spiro atoms. The van der Waals surface area contributed by atoms with E-state index in [-0.39, 0.29) is 6.09 Å². The van der Waals surface area contributed by atoms with Crippen LogP contribution in [0.25, 0.3) is 0 Å². The number of hydrazine groups is 1. The second-order valence-corrected chi connectivity index (χ2v) is 4.54. The smallest absolute Gasteiger partial charge is 0.425 e. The van der Waals surface area contributed by atoms with Gasteiger partial charge in [-0.15, -0.1) is 0 Å². The SMILES string of the molecule is CCN1CC=CCN1C(=O)OC(C)(C)C. The van der Waals surface area contributed by atoms with Gasteiger partial charge < -0.3 is 4.74 Å². The molecule has 0 fully saturated rings. The van der Waals surface area contributed by atoms with Gasteiger partial charge in [0, 0.05) is 13.1 Å². The maximum absolute atomic E-state index is 11.8. The summed E-state index contributed by atoms with van der Waals surface area (Å²) in [7, 11) is 0. The van der Waals surface area contributed by atoms with Gasteiger partial charge in [0.2, 0.25) is 0 Å². The second kappa shape index (κ2) is 4.66. The van der Waals surface area contributed by atoms with E-state index in [4.69, 9.17) is 4.74 Å². The van der Waals surface area contributed by atoms with E-state index in [0.717, 1.165) is 13.1 Å². The summed E-state index contributed by atoms with van der Waals surface area (Å²) in [6, 6.07) is 0. The van der Waals surface area contributed by atoms with Gasteiger partial charge in [-0.25, -0.2) is 14.8 Å². The number of hydrogen-bond acceptors (Lipinski definition) is 3. The molecule has 15 heavy (non-hydrogen) atoms. The Morgan fingerprint density at radius 2 is 1.93 bits per heavy atom. The lowest BCUT2D eigenvalue weighted by Crippen LogP contribution is -2.50. The first-order valence-electron chi connectivity index (χ1n) is 5.34. The quantitative estimate of drug-likeness (QED) is 0.623. The molecule has 0 atom stereocenters. The standard InChI is InChI=1S/C11H20N2O2/c1-5-12-8-6-7-9-13(12)10(14)15-11(2,3)4/h6-7H,5,8-9H2,1-4H3. The predicted molar refractivity (Wildman–Crippen MR) is 59.3 cm³/mol. The Bertz CT molecular complexity index is 256. The molecule has 0 aliphatic carbocycles. The third-order valence-corrected chi connectivity index (χ3v) is 2.07. The highest BCUT2D eigenvalue weighted by molar-refractivity contribution is 5.68. The maximum atomic E-state index is 11.8. The molecule has 4 nitrogen and oxygen atoms in total. The van der Waals surface area contributed by atoms with E-state index >= 15 is 0 Å². The zero-order valence-corrected chi connectivity index (χ0v) is 9.99. The van der Waals surface area contributed by atoms with E-state index < -0.39 is 5.60 Å². The molecular formula is C11H20N2O2.